The Hall–Kier alpha value is -5.72. The molecule has 1 aliphatic heterocycles. The van der Waals surface area contributed by atoms with Crippen LogP contribution in [0.5, 0.6) is 0 Å². The number of hydrogen-bond acceptors (Lipinski definition) is 8. The Morgan fingerprint density at radius 1 is 0.909 bits per heavy atom. The molecule has 1 N–H and O–H groups in total. The largest absolute Gasteiger partial charge is 0.465 e. The molecule has 3 heterocycles. The number of carbonyl (C=O) groups excluding carboxylic acids is 4. The van der Waals surface area contributed by atoms with Crippen LogP contribution in [-0.2, 0) is 16.1 Å². The molecule has 0 radical (unpaired) electrons. The fourth-order valence-electron chi connectivity index (χ4n) is 5.20. The number of methoxy groups -OCH3 is 1. The Morgan fingerprint density at radius 3 is 2.39 bits per heavy atom. The summed E-state index contributed by atoms with van der Waals surface area (Å²) in [7, 11) is 1.30. The zero-order valence-electron chi connectivity index (χ0n) is 23.6. The summed E-state index contributed by atoms with van der Waals surface area (Å²) in [5.74, 6) is -2.77. The van der Waals surface area contributed by atoms with Crippen LogP contribution in [0.15, 0.2) is 72.9 Å². The molecule has 0 spiro atoms. The molecule has 5 aromatic rings. The Balaban J connectivity index is 1.18. The molecule has 1 aliphatic rings. The molecule has 2 amide bonds. The summed E-state index contributed by atoms with van der Waals surface area (Å²) in [6.45, 7) is 1.10. The van der Waals surface area contributed by atoms with E-state index in [0.29, 0.717) is 16.7 Å². The van der Waals surface area contributed by atoms with Crippen LogP contribution in [0, 0.1) is 5.82 Å². The van der Waals surface area contributed by atoms with Crippen LogP contribution in [-0.4, -0.2) is 91.8 Å². The number of nitrogens with one attached hydrogen (secondary N) is 1. The first kappa shape index (κ1) is 28.4. The lowest BCUT2D eigenvalue weighted by molar-refractivity contribution is -0.127. The van der Waals surface area contributed by atoms with Gasteiger partial charge in [0.1, 0.15) is 5.82 Å². The molecule has 0 bridgehead atoms. The number of rotatable bonds is 7. The summed E-state index contributed by atoms with van der Waals surface area (Å²) < 4.78 is 19.9. The number of benzene rings is 3. The number of nitrogens with zero attached hydrogens (tertiary/aromatic N) is 6. The highest BCUT2D eigenvalue weighted by Crippen LogP contribution is 2.30. The molecule has 0 aliphatic carbocycles. The summed E-state index contributed by atoms with van der Waals surface area (Å²) in [5, 5.41) is 12.5. The minimum Gasteiger partial charge on any atom is -0.465 e. The van der Waals surface area contributed by atoms with E-state index in [2.05, 4.69) is 20.4 Å². The molecule has 2 aromatic heterocycles. The number of ether oxygens (including phenoxy) is 1. The molecule has 1 saturated heterocycles. The highest BCUT2D eigenvalue weighted by molar-refractivity contribution is 6.45. The van der Waals surface area contributed by atoms with Gasteiger partial charge in [0.2, 0.25) is 5.82 Å². The number of aromatic nitrogens is 5. The van der Waals surface area contributed by atoms with Crippen molar-refractivity contribution in [3.05, 3.63) is 101 Å². The lowest BCUT2D eigenvalue weighted by Gasteiger charge is -2.34. The van der Waals surface area contributed by atoms with Gasteiger partial charge in [-0.3, -0.25) is 14.4 Å². The molecular weight excluding hydrogens is 569 g/mol. The predicted octanol–water partition coefficient (Wildman–Crippen LogP) is 2.96. The summed E-state index contributed by atoms with van der Waals surface area (Å²) in [6, 6.07) is 18.3. The lowest BCUT2D eigenvalue weighted by Crippen LogP contribution is -2.52. The number of Topliss-reactive ketones (excluding diaryl/α,β-unsaturated/α-hetero) is 1. The van der Waals surface area contributed by atoms with E-state index in [1.54, 1.807) is 53.4 Å². The van der Waals surface area contributed by atoms with E-state index in [9.17, 15) is 19.2 Å². The van der Waals surface area contributed by atoms with Crippen molar-refractivity contribution < 1.29 is 28.3 Å². The smallest absolute Gasteiger partial charge is 0.337 e. The van der Waals surface area contributed by atoms with E-state index in [4.69, 9.17) is 4.74 Å². The van der Waals surface area contributed by atoms with Crippen molar-refractivity contribution in [1.29, 1.82) is 0 Å². The van der Waals surface area contributed by atoms with Crippen LogP contribution in [0.2, 0.25) is 0 Å². The minimum absolute atomic E-state index is 0.0547. The molecule has 222 valence electrons. The zero-order valence-corrected chi connectivity index (χ0v) is 23.6. The van der Waals surface area contributed by atoms with Crippen molar-refractivity contribution in [2.24, 2.45) is 0 Å². The third-order valence-electron chi connectivity index (χ3n) is 7.46. The number of aromatic amines is 1. The van der Waals surface area contributed by atoms with Crippen LogP contribution in [0.4, 0.5) is 4.39 Å². The maximum Gasteiger partial charge on any atom is 0.337 e. The van der Waals surface area contributed by atoms with Gasteiger partial charge in [-0.1, -0.05) is 30.3 Å². The molecule has 3 aromatic carbocycles. The van der Waals surface area contributed by atoms with Gasteiger partial charge in [0.05, 0.1) is 30.3 Å². The second-order valence-corrected chi connectivity index (χ2v) is 10.2. The van der Waals surface area contributed by atoms with Gasteiger partial charge in [0.15, 0.2) is 0 Å². The summed E-state index contributed by atoms with van der Waals surface area (Å²) in [4.78, 5) is 58.4. The quantitative estimate of drug-likeness (QED) is 0.172. The van der Waals surface area contributed by atoms with Crippen LogP contribution in [0.3, 0.4) is 0 Å². The molecule has 1 fully saturated rings. The molecule has 0 atom stereocenters. The number of carbonyl (C=O) groups is 4. The van der Waals surface area contributed by atoms with Gasteiger partial charge < -0.3 is 19.5 Å². The summed E-state index contributed by atoms with van der Waals surface area (Å²) >= 11 is 0. The zero-order chi connectivity index (χ0) is 30.8. The second kappa shape index (κ2) is 11.9. The van der Waals surface area contributed by atoms with Crippen molar-refractivity contribution >= 4 is 34.5 Å². The number of halogens is 1. The third kappa shape index (κ3) is 5.42. The van der Waals surface area contributed by atoms with E-state index in [0.717, 1.165) is 5.56 Å². The van der Waals surface area contributed by atoms with Gasteiger partial charge in [-0.15, -0.1) is 10.2 Å². The fraction of sp³-hybridized carbons (Fsp3) is 0.194. The highest BCUT2D eigenvalue weighted by Gasteiger charge is 2.31. The molecular formula is C31H26FN7O5. The normalized spacial score (nSPS) is 13.2. The van der Waals surface area contributed by atoms with Crippen LogP contribution < -0.4 is 0 Å². The van der Waals surface area contributed by atoms with Crippen LogP contribution >= 0.6 is 0 Å². The van der Waals surface area contributed by atoms with Gasteiger partial charge >= 0.3 is 5.97 Å². The van der Waals surface area contributed by atoms with Crippen LogP contribution in [0.1, 0.15) is 36.6 Å². The van der Waals surface area contributed by atoms with Gasteiger partial charge in [0, 0.05) is 48.9 Å². The molecule has 44 heavy (non-hydrogen) atoms. The number of amides is 2. The maximum absolute atomic E-state index is 15.1. The predicted molar refractivity (Wildman–Crippen MR) is 155 cm³/mol. The summed E-state index contributed by atoms with van der Waals surface area (Å²) in [5.41, 5.74) is 2.18. The standard InChI is InChI=1S/C31H26FN7O5/c1-44-31(43)21-9-5-6-19(16-21)18-39-35-28(34-36-39)22-10-11-24(32)25-23(17-33-26(22)25)27(40)30(42)38-14-12-37(13-15-38)29(41)20-7-3-2-4-8-20/h2-11,16-17,33H,12-15,18H2,1H3. The van der Waals surface area contributed by atoms with Gasteiger partial charge in [0.25, 0.3) is 17.6 Å². The number of fused-ring (bicyclic) bond motifs is 1. The fourth-order valence-corrected chi connectivity index (χ4v) is 5.20. The Bertz CT molecular complexity index is 1890. The van der Waals surface area contributed by atoms with Crippen LogP contribution in [0.25, 0.3) is 22.3 Å². The monoisotopic (exact) mass is 595 g/mol. The van der Waals surface area contributed by atoms with Gasteiger partial charge in [-0.25, -0.2) is 9.18 Å². The molecule has 0 saturated carbocycles. The van der Waals surface area contributed by atoms with Gasteiger partial charge in [-0.2, -0.15) is 4.80 Å². The van der Waals surface area contributed by atoms with Crippen molar-refractivity contribution in [1.82, 2.24) is 35.0 Å². The number of hydrogen-bond donors (Lipinski definition) is 1. The number of H-pyrrole nitrogens is 1. The van der Waals surface area contributed by atoms with E-state index in [1.165, 1.54) is 35.1 Å². The number of tetrazole rings is 1. The molecule has 0 unspecified atom stereocenters. The first-order chi connectivity index (χ1) is 21.3. The third-order valence-corrected chi connectivity index (χ3v) is 7.46. The lowest BCUT2D eigenvalue weighted by atomic mass is 10.0. The highest BCUT2D eigenvalue weighted by atomic mass is 19.1. The average molecular weight is 596 g/mol. The number of piperazine rings is 1. The van der Waals surface area contributed by atoms with Crippen molar-refractivity contribution in [2.45, 2.75) is 6.54 Å². The molecule has 13 heteroatoms. The van der Waals surface area contributed by atoms with Gasteiger partial charge in [-0.05, 0) is 47.2 Å². The second-order valence-electron chi connectivity index (χ2n) is 10.2. The molecule has 12 nitrogen and oxygen atoms in total. The number of ketones is 1. The van der Waals surface area contributed by atoms with Crippen molar-refractivity contribution in [3.8, 4) is 11.4 Å². The first-order valence-electron chi connectivity index (χ1n) is 13.8. The number of esters is 1. The summed E-state index contributed by atoms with van der Waals surface area (Å²) in [6.07, 6.45) is 1.30. The van der Waals surface area contributed by atoms with E-state index in [-0.39, 0.29) is 60.9 Å². The van der Waals surface area contributed by atoms with E-state index in [1.807, 2.05) is 6.07 Å². The van der Waals surface area contributed by atoms with Crippen molar-refractivity contribution in [3.63, 3.8) is 0 Å². The maximum atomic E-state index is 15.1. The van der Waals surface area contributed by atoms with E-state index < -0.39 is 23.5 Å². The minimum atomic E-state index is -0.864. The van der Waals surface area contributed by atoms with Crippen molar-refractivity contribution in [2.75, 3.05) is 33.3 Å². The Morgan fingerprint density at radius 2 is 1.64 bits per heavy atom. The Labute approximate surface area is 250 Å². The van der Waals surface area contributed by atoms with E-state index >= 15 is 4.39 Å². The topological polar surface area (TPSA) is 143 Å². The average Bonchev–Trinajstić information content (AvgIpc) is 3.72. The molecule has 6 rings (SSSR count). The SMILES string of the molecule is COC(=O)c1cccc(Cn2nnc(-c3ccc(F)c4c(C(=O)C(=O)N5CCN(C(=O)c6ccccc6)CC5)c[nH]c34)n2)c1. The first-order valence-corrected chi connectivity index (χ1v) is 13.8. The Kier molecular flexibility index (Phi) is 7.67.